The van der Waals surface area contributed by atoms with Crippen LogP contribution in [-0.4, -0.2) is 23.1 Å². The standard InChI is InChI=1S/C22H21N3O2/c23-13-17-6-7-21-18(12-17)9-11-25(21)14-20-19(8-10-24-20)22(26)27-15-16-4-2-1-3-5-16/h1-7,9,11-12,19-20,24H,8,10,14-15H2. The summed E-state index contributed by atoms with van der Waals surface area (Å²) in [6, 6.07) is 19.6. The van der Waals surface area contributed by atoms with Crippen LogP contribution in [-0.2, 0) is 22.7 Å². The van der Waals surface area contributed by atoms with Gasteiger partial charge in [-0.3, -0.25) is 4.79 Å². The van der Waals surface area contributed by atoms with Gasteiger partial charge in [-0.2, -0.15) is 5.26 Å². The highest BCUT2D eigenvalue weighted by Gasteiger charge is 2.34. The maximum absolute atomic E-state index is 12.6. The molecule has 1 saturated heterocycles. The average molecular weight is 359 g/mol. The Hall–Kier alpha value is -3.10. The molecule has 5 heteroatoms. The summed E-state index contributed by atoms with van der Waals surface area (Å²) in [6.07, 6.45) is 2.80. The number of nitrogens with one attached hydrogen (secondary N) is 1. The molecule has 4 rings (SSSR count). The molecule has 2 atom stereocenters. The normalized spacial score (nSPS) is 19.1. The minimum absolute atomic E-state index is 0.0412. The quantitative estimate of drug-likeness (QED) is 0.710. The Morgan fingerprint density at radius 1 is 1.22 bits per heavy atom. The molecular formula is C22H21N3O2. The summed E-state index contributed by atoms with van der Waals surface area (Å²) >= 11 is 0. The number of hydrogen-bond acceptors (Lipinski definition) is 4. The van der Waals surface area contributed by atoms with Crippen LogP contribution >= 0.6 is 0 Å². The molecule has 136 valence electrons. The Kier molecular flexibility index (Phi) is 4.91. The minimum atomic E-state index is -0.149. The van der Waals surface area contributed by atoms with E-state index in [0.717, 1.165) is 29.4 Å². The second-order valence-electron chi connectivity index (χ2n) is 6.90. The van der Waals surface area contributed by atoms with Crippen LogP contribution < -0.4 is 5.32 Å². The molecule has 0 spiro atoms. The highest BCUT2D eigenvalue weighted by Crippen LogP contribution is 2.23. The lowest BCUT2D eigenvalue weighted by atomic mass is 10.0. The van der Waals surface area contributed by atoms with E-state index in [4.69, 9.17) is 10.00 Å². The smallest absolute Gasteiger partial charge is 0.310 e. The molecule has 2 heterocycles. The predicted molar refractivity (Wildman–Crippen MR) is 103 cm³/mol. The summed E-state index contributed by atoms with van der Waals surface area (Å²) < 4.78 is 7.69. The SMILES string of the molecule is N#Cc1ccc2c(ccn2CC2NCCC2C(=O)OCc2ccccc2)c1. The fourth-order valence-corrected chi connectivity index (χ4v) is 3.72. The summed E-state index contributed by atoms with van der Waals surface area (Å²) in [4.78, 5) is 12.6. The molecule has 2 unspecified atom stereocenters. The summed E-state index contributed by atoms with van der Waals surface area (Å²) in [6.45, 7) is 1.82. The van der Waals surface area contributed by atoms with E-state index in [1.165, 1.54) is 0 Å². The average Bonchev–Trinajstić information content (AvgIpc) is 3.34. The number of carbonyl (C=O) groups is 1. The van der Waals surface area contributed by atoms with Gasteiger partial charge in [0.2, 0.25) is 0 Å². The van der Waals surface area contributed by atoms with Crippen LogP contribution in [0, 0.1) is 17.2 Å². The van der Waals surface area contributed by atoms with Crippen molar-refractivity contribution in [3.05, 3.63) is 71.9 Å². The molecule has 1 aliphatic rings. The van der Waals surface area contributed by atoms with Gasteiger partial charge in [-0.05, 0) is 42.8 Å². The van der Waals surface area contributed by atoms with Gasteiger partial charge in [0.25, 0.3) is 0 Å². The number of fused-ring (bicyclic) bond motifs is 1. The van der Waals surface area contributed by atoms with E-state index in [2.05, 4.69) is 16.0 Å². The molecular weight excluding hydrogens is 338 g/mol. The third kappa shape index (κ3) is 3.71. The Labute approximate surface area is 158 Å². The number of hydrogen-bond donors (Lipinski definition) is 1. The van der Waals surface area contributed by atoms with Crippen LogP contribution in [0.25, 0.3) is 10.9 Å². The number of esters is 1. The zero-order valence-corrected chi connectivity index (χ0v) is 15.0. The highest BCUT2D eigenvalue weighted by molar-refractivity contribution is 5.81. The topological polar surface area (TPSA) is 67.0 Å². The molecule has 27 heavy (non-hydrogen) atoms. The number of ether oxygens (including phenoxy) is 1. The molecule has 0 aliphatic carbocycles. The van der Waals surface area contributed by atoms with E-state index in [9.17, 15) is 4.79 Å². The van der Waals surface area contributed by atoms with Gasteiger partial charge < -0.3 is 14.6 Å². The molecule has 2 aromatic carbocycles. The fourth-order valence-electron chi connectivity index (χ4n) is 3.72. The largest absolute Gasteiger partial charge is 0.461 e. The molecule has 5 nitrogen and oxygen atoms in total. The summed E-state index contributed by atoms with van der Waals surface area (Å²) in [5.74, 6) is -0.290. The lowest BCUT2D eigenvalue weighted by Gasteiger charge is -2.20. The van der Waals surface area contributed by atoms with E-state index in [1.54, 1.807) is 0 Å². The van der Waals surface area contributed by atoms with E-state index in [0.29, 0.717) is 18.7 Å². The molecule has 1 aliphatic heterocycles. The van der Waals surface area contributed by atoms with Crippen LogP contribution in [0.15, 0.2) is 60.8 Å². The van der Waals surface area contributed by atoms with Crippen molar-refractivity contribution < 1.29 is 9.53 Å². The molecule has 0 radical (unpaired) electrons. The Balaban J connectivity index is 1.44. The van der Waals surface area contributed by atoms with Crippen molar-refractivity contribution in [2.24, 2.45) is 5.92 Å². The van der Waals surface area contributed by atoms with Gasteiger partial charge in [-0.15, -0.1) is 0 Å². The Bertz CT molecular complexity index is 988. The predicted octanol–water partition coefficient (Wildman–Crippen LogP) is 3.23. The van der Waals surface area contributed by atoms with Gasteiger partial charge in [0.15, 0.2) is 0 Å². The zero-order chi connectivity index (χ0) is 18.6. The summed E-state index contributed by atoms with van der Waals surface area (Å²) in [5.41, 5.74) is 2.72. The zero-order valence-electron chi connectivity index (χ0n) is 15.0. The number of nitriles is 1. The van der Waals surface area contributed by atoms with Crippen molar-refractivity contribution in [2.45, 2.75) is 25.6 Å². The number of nitrogens with zero attached hydrogens (tertiary/aromatic N) is 2. The molecule has 1 N–H and O–H groups in total. The fraction of sp³-hybridized carbons (Fsp3) is 0.273. The highest BCUT2D eigenvalue weighted by atomic mass is 16.5. The van der Waals surface area contributed by atoms with Gasteiger partial charge in [-0.25, -0.2) is 0 Å². The Morgan fingerprint density at radius 3 is 2.89 bits per heavy atom. The summed E-state index contributed by atoms with van der Waals surface area (Å²) in [7, 11) is 0. The first-order valence-electron chi connectivity index (χ1n) is 9.17. The first-order chi connectivity index (χ1) is 13.2. The molecule has 1 fully saturated rings. The van der Waals surface area contributed by atoms with E-state index < -0.39 is 0 Å². The number of rotatable bonds is 5. The van der Waals surface area contributed by atoms with Crippen molar-refractivity contribution in [2.75, 3.05) is 6.54 Å². The molecule has 0 bridgehead atoms. The second kappa shape index (κ2) is 7.65. The van der Waals surface area contributed by atoms with Gasteiger partial charge in [0.1, 0.15) is 6.61 Å². The third-order valence-corrected chi connectivity index (χ3v) is 5.17. The van der Waals surface area contributed by atoms with Gasteiger partial charge in [0.05, 0.1) is 17.6 Å². The number of aromatic nitrogens is 1. The van der Waals surface area contributed by atoms with Crippen LogP contribution in [0.5, 0.6) is 0 Å². The van der Waals surface area contributed by atoms with E-state index in [1.807, 2.05) is 60.8 Å². The minimum Gasteiger partial charge on any atom is -0.461 e. The van der Waals surface area contributed by atoms with Gasteiger partial charge >= 0.3 is 5.97 Å². The van der Waals surface area contributed by atoms with Crippen LogP contribution in [0.4, 0.5) is 0 Å². The van der Waals surface area contributed by atoms with Gasteiger partial charge in [-0.1, -0.05) is 30.3 Å². The number of carbonyl (C=O) groups excluding carboxylic acids is 1. The monoisotopic (exact) mass is 359 g/mol. The molecule has 0 amide bonds. The van der Waals surface area contributed by atoms with Crippen molar-refractivity contribution >= 4 is 16.9 Å². The molecule has 0 saturated carbocycles. The van der Waals surface area contributed by atoms with Gasteiger partial charge in [0, 0.05) is 29.7 Å². The lowest BCUT2D eigenvalue weighted by molar-refractivity contribution is -0.150. The first-order valence-corrected chi connectivity index (χ1v) is 9.17. The summed E-state index contributed by atoms with van der Waals surface area (Å²) in [5, 5.41) is 13.5. The van der Waals surface area contributed by atoms with Crippen LogP contribution in [0.1, 0.15) is 17.5 Å². The molecule has 1 aromatic heterocycles. The number of benzene rings is 2. The lowest BCUT2D eigenvalue weighted by Crippen LogP contribution is -2.36. The first kappa shape index (κ1) is 17.3. The second-order valence-corrected chi connectivity index (χ2v) is 6.90. The van der Waals surface area contributed by atoms with Crippen molar-refractivity contribution in [3.8, 4) is 6.07 Å². The van der Waals surface area contributed by atoms with Crippen molar-refractivity contribution in [3.63, 3.8) is 0 Å². The third-order valence-electron chi connectivity index (χ3n) is 5.17. The van der Waals surface area contributed by atoms with Crippen LogP contribution in [0.3, 0.4) is 0 Å². The maximum atomic E-state index is 12.6. The Morgan fingerprint density at radius 2 is 2.07 bits per heavy atom. The van der Waals surface area contributed by atoms with Crippen LogP contribution in [0.2, 0.25) is 0 Å². The molecule has 3 aromatic rings. The van der Waals surface area contributed by atoms with Crippen molar-refractivity contribution in [1.82, 2.24) is 9.88 Å². The van der Waals surface area contributed by atoms with Crippen molar-refractivity contribution in [1.29, 1.82) is 5.26 Å². The maximum Gasteiger partial charge on any atom is 0.310 e. The van der Waals surface area contributed by atoms with E-state index in [-0.39, 0.29) is 17.9 Å². The van der Waals surface area contributed by atoms with E-state index >= 15 is 0 Å².